The topological polar surface area (TPSA) is 75.1 Å². The monoisotopic (exact) mass is 209 g/mol. The molecule has 5 nitrogen and oxygen atoms in total. The first-order chi connectivity index (χ1) is 7.17. The lowest BCUT2D eigenvalue weighted by molar-refractivity contribution is 0.0526. The van der Waals surface area contributed by atoms with E-state index in [1.54, 1.807) is 6.92 Å². The number of hydrogen-bond donors (Lipinski definition) is 0. The molecule has 0 aliphatic rings. The number of hydrogen-bond acceptors (Lipinski definition) is 3. The van der Waals surface area contributed by atoms with E-state index in [0.29, 0.717) is 0 Å². The van der Waals surface area contributed by atoms with Crippen molar-refractivity contribution in [1.29, 1.82) is 0 Å². The fourth-order valence-electron chi connectivity index (χ4n) is 1.02. The van der Waals surface area contributed by atoms with Crippen LogP contribution in [0.25, 0.3) is 10.4 Å². The smallest absolute Gasteiger partial charge is 0.338 e. The van der Waals surface area contributed by atoms with Gasteiger partial charge in [0.1, 0.15) is 5.82 Å². The molecule has 0 amide bonds. The molecule has 0 aliphatic heterocycles. The molecule has 0 saturated carbocycles. The maximum atomic E-state index is 13.0. The van der Waals surface area contributed by atoms with Crippen molar-refractivity contribution in [2.75, 3.05) is 6.61 Å². The third-order valence-corrected chi connectivity index (χ3v) is 1.55. The Morgan fingerprint density at radius 2 is 2.33 bits per heavy atom. The molecule has 0 unspecified atom stereocenters. The van der Waals surface area contributed by atoms with E-state index in [-0.39, 0.29) is 17.9 Å². The number of carbonyl (C=O) groups excluding carboxylic acids is 1. The largest absolute Gasteiger partial charge is 0.462 e. The Bertz CT molecular complexity index is 427. The van der Waals surface area contributed by atoms with Crippen LogP contribution in [0, 0.1) is 5.82 Å². The van der Waals surface area contributed by atoms with Gasteiger partial charge in [0.15, 0.2) is 0 Å². The average Bonchev–Trinajstić information content (AvgIpc) is 2.17. The molecule has 0 aliphatic carbocycles. The Morgan fingerprint density at radius 1 is 1.60 bits per heavy atom. The minimum absolute atomic E-state index is 0.0271. The van der Waals surface area contributed by atoms with Gasteiger partial charge in [0.2, 0.25) is 0 Å². The second-order valence-electron chi connectivity index (χ2n) is 2.61. The van der Waals surface area contributed by atoms with Crippen molar-refractivity contribution in [3.05, 3.63) is 40.0 Å². The second kappa shape index (κ2) is 4.97. The summed E-state index contributed by atoms with van der Waals surface area (Å²) in [4.78, 5) is 13.7. The summed E-state index contributed by atoms with van der Waals surface area (Å²) in [5, 5.41) is 3.20. The van der Waals surface area contributed by atoms with Crippen molar-refractivity contribution in [2.24, 2.45) is 5.11 Å². The maximum Gasteiger partial charge on any atom is 0.338 e. The Balaban J connectivity index is 3.08. The highest BCUT2D eigenvalue weighted by atomic mass is 19.1. The van der Waals surface area contributed by atoms with Gasteiger partial charge < -0.3 is 4.74 Å². The molecule has 1 aromatic carbocycles. The van der Waals surface area contributed by atoms with Crippen LogP contribution in [-0.2, 0) is 4.74 Å². The van der Waals surface area contributed by atoms with Crippen LogP contribution in [0.4, 0.5) is 10.1 Å². The number of benzene rings is 1. The number of nitrogens with zero attached hydrogens (tertiary/aromatic N) is 3. The fraction of sp³-hybridized carbons (Fsp3) is 0.222. The number of esters is 1. The highest BCUT2D eigenvalue weighted by Crippen LogP contribution is 2.17. The van der Waals surface area contributed by atoms with Crippen LogP contribution in [0.1, 0.15) is 17.3 Å². The first-order valence-electron chi connectivity index (χ1n) is 4.20. The molecule has 0 radical (unpaired) electrons. The first kappa shape index (κ1) is 11.0. The Kier molecular flexibility index (Phi) is 3.65. The molecule has 0 saturated heterocycles. The van der Waals surface area contributed by atoms with Crippen LogP contribution >= 0.6 is 0 Å². The van der Waals surface area contributed by atoms with Crippen molar-refractivity contribution in [3.63, 3.8) is 0 Å². The van der Waals surface area contributed by atoms with Crippen molar-refractivity contribution in [2.45, 2.75) is 6.92 Å². The van der Waals surface area contributed by atoms with Gasteiger partial charge in [0.05, 0.1) is 12.2 Å². The van der Waals surface area contributed by atoms with Crippen LogP contribution < -0.4 is 0 Å². The molecule has 0 N–H and O–H groups in total. The number of carbonyl (C=O) groups is 1. The minimum atomic E-state index is -0.650. The molecule has 6 heteroatoms. The second-order valence-corrected chi connectivity index (χ2v) is 2.61. The van der Waals surface area contributed by atoms with Crippen molar-refractivity contribution in [1.82, 2.24) is 0 Å². The summed E-state index contributed by atoms with van der Waals surface area (Å²) in [5.74, 6) is -1.30. The van der Waals surface area contributed by atoms with Crippen molar-refractivity contribution in [3.8, 4) is 0 Å². The molecule has 0 fully saturated rings. The van der Waals surface area contributed by atoms with E-state index in [2.05, 4.69) is 14.8 Å². The SMILES string of the molecule is CCOC(=O)c1cc(F)cc(N=[N+]=[N-])c1. The summed E-state index contributed by atoms with van der Waals surface area (Å²) in [6.45, 7) is 1.84. The lowest BCUT2D eigenvalue weighted by Crippen LogP contribution is -2.04. The Hall–Kier alpha value is -2.07. The zero-order valence-corrected chi connectivity index (χ0v) is 7.98. The summed E-state index contributed by atoms with van der Waals surface area (Å²) in [7, 11) is 0. The van der Waals surface area contributed by atoms with Crippen LogP contribution in [0.3, 0.4) is 0 Å². The van der Waals surface area contributed by atoms with Gasteiger partial charge >= 0.3 is 5.97 Å². The first-order valence-corrected chi connectivity index (χ1v) is 4.20. The summed E-state index contributed by atoms with van der Waals surface area (Å²) in [6, 6.07) is 3.32. The zero-order valence-electron chi connectivity index (χ0n) is 7.98. The summed E-state index contributed by atoms with van der Waals surface area (Å²) >= 11 is 0. The van der Waals surface area contributed by atoms with Gasteiger partial charge in [-0.15, -0.1) is 0 Å². The van der Waals surface area contributed by atoms with E-state index in [4.69, 9.17) is 5.53 Å². The van der Waals surface area contributed by atoms with Gasteiger partial charge in [0, 0.05) is 10.6 Å². The summed E-state index contributed by atoms with van der Waals surface area (Å²) in [6.07, 6.45) is 0. The number of ether oxygens (including phenoxy) is 1. The van der Waals surface area contributed by atoms with Crippen LogP contribution in [-0.4, -0.2) is 12.6 Å². The van der Waals surface area contributed by atoms with Gasteiger partial charge in [-0.05, 0) is 30.7 Å². The third-order valence-electron chi connectivity index (χ3n) is 1.55. The predicted octanol–water partition coefficient (Wildman–Crippen LogP) is 2.94. The fourth-order valence-corrected chi connectivity index (χ4v) is 1.02. The molecular weight excluding hydrogens is 201 g/mol. The molecule has 15 heavy (non-hydrogen) atoms. The van der Waals surface area contributed by atoms with E-state index in [1.165, 1.54) is 6.07 Å². The quantitative estimate of drug-likeness (QED) is 0.332. The lowest BCUT2D eigenvalue weighted by atomic mass is 10.2. The van der Waals surface area contributed by atoms with E-state index in [9.17, 15) is 9.18 Å². The zero-order chi connectivity index (χ0) is 11.3. The number of azide groups is 1. The van der Waals surface area contributed by atoms with E-state index < -0.39 is 11.8 Å². The van der Waals surface area contributed by atoms with Gasteiger partial charge in [-0.2, -0.15) is 0 Å². The maximum absolute atomic E-state index is 13.0. The van der Waals surface area contributed by atoms with E-state index >= 15 is 0 Å². The Labute approximate surface area is 85.1 Å². The molecular formula is C9H8FN3O2. The van der Waals surface area contributed by atoms with Crippen LogP contribution in [0.2, 0.25) is 0 Å². The third kappa shape index (κ3) is 2.96. The van der Waals surface area contributed by atoms with Crippen molar-refractivity contribution < 1.29 is 13.9 Å². The summed E-state index contributed by atoms with van der Waals surface area (Å²) < 4.78 is 17.6. The van der Waals surface area contributed by atoms with Crippen molar-refractivity contribution >= 4 is 11.7 Å². The molecule has 78 valence electrons. The normalized spacial score (nSPS) is 9.20. The average molecular weight is 209 g/mol. The van der Waals surface area contributed by atoms with E-state index in [0.717, 1.165) is 12.1 Å². The molecule has 1 aromatic rings. The number of rotatable bonds is 3. The molecule has 0 atom stereocenters. The molecule has 1 rings (SSSR count). The predicted molar refractivity (Wildman–Crippen MR) is 51.2 cm³/mol. The molecule has 0 heterocycles. The molecule has 0 bridgehead atoms. The highest BCUT2D eigenvalue weighted by Gasteiger charge is 2.08. The standard InChI is InChI=1S/C9H8FN3O2/c1-2-15-9(14)6-3-7(10)5-8(4-6)12-13-11/h3-5H,2H2,1H3. The van der Waals surface area contributed by atoms with Gasteiger partial charge in [0.25, 0.3) is 0 Å². The molecule has 0 spiro atoms. The number of halogens is 1. The summed E-state index contributed by atoms with van der Waals surface area (Å²) in [5.41, 5.74) is 8.23. The lowest BCUT2D eigenvalue weighted by Gasteiger charge is -2.02. The van der Waals surface area contributed by atoms with Gasteiger partial charge in [-0.25, -0.2) is 9.18 Å². The van der Waals surface area contributed by atoms with E-state index in [1.807, 2.05) is 0 Å². The Morgan fingerprint density at radius 3 is 2.93 bits per heavy atom. The highest BCUT2D eigenvalue weighted by molar-refractivity contribution is 5.90. The van der Waals surface area contributed by atoms with Crippen LogP contribution in [0.5, 0.6) is 0 Å². The minimum Gasteiger partial charge on any atom is -0.462 e. The van der Waals surface area contributed by atoms with Crippen LogP contribution in [0.15, 0.2) is 23.3 Å². The molecule has 0 aromatic heterocycles. The van der Waals surface area contributed by atoms with Gasteiger partial charge in [-0.1, -0.05) is 5.11 Å². The van der Waals surface area contributed by atoms with Gasteiger partial charge in [-0.3, -0.25) is 0 Å².